The summed E-state index contributed by atoms with van der Waals surface area (Å²) in [5.74, 6) is 1.70. The molecule has 3 rings (SSSR count). The third-order valence-corrected chi connectivity index (χ3v) is 4.63. The maximum atomic E-state index is 11.9. The average molecular weight is 320 g/mol. The van der Waals surface area contributed by atoms with Crippen LogP contribution < -0.4 is 10.6 Å². The van der Waals surface area contributed by atoms with E-state index in [1.54, 1.807) is 11.3 Å². The lowest BCUT2D eigenvalue weighted by atomic mass is 10.00. The molecule has 0 aromatic carbocycles. The summed E-state index contributed by atoms with van der Waals surface area (Å²) in [6, 6.07) is 3.90. The van der Waals surface area contributed by atoms with Crippen LogP contribution in [-0.2, 0) is 11.2 Å². The van der Waals surface area contributed by atoms with Crippen LogP contribution in [-0.4, -0.2) is 35.7 Å². The fourth-order valence-corrected chi connectivity index (χ4v) is 3.18. The lowest BCUT2D eigenvalue weighted by molar-refractivity contribution is -0.121. The highest BCUT2D eigenvalue weighted by Gasteiger charge is 2.15. The number of aromatic nitrogens is 2. The highest BCUT2D eigenvalue weighted by molar-refractivity contribution is 7.13. The van der Waals surface area contributed by atoms with Crippen molar-refractivity contribution in [3.8, 4) is 10.7 Å². The van der Waals surface area contributed by atoms with Gasteiger partial charge < -0.3 is 15.2 Å². The second-order valence-electron chi connectivity index (χ2n) is 5.51. The topological polar surface area (TPSA) is 80.0 Å². The molecule has 22 heavy (non-hydrogen) atoms. The number of amides is 1. The molecule has 0 bridgehead atoms. The molecule has 0 aliphatic carbocycles. The first-order valence-corrected chi connectivity index (χ1v) is 8.53. The van der Waals surface area contributed by atoms with Crippen LogP contribution in [0.25, 0.3) is 10.7 Å². The van der Waals surface area contributed by atoms with Gasteiger partial charge in [0.1, 0.15) is 0 Å². The molecule has 1 aliphatic heterocycles. The molecule has 1 aliphatic rings. The molecule has 0 spiro atoms. The van der Waals surface area contributed by atoms with Gasteiger partial charge in [-0.25, -0.2) is 0 Å². The molecule has 3 heterocycles. The highest BCUT2D eigenvalue weighted by Crippen LogP contribution is 2.21. The summed E-state index contributed by atoms with van der Waals surface area (Å²) in [5.41, 5.74) is 0. The molecule has 1 atom stereocenters. The number of hydrogen-bond acceptors (Lipinski definition) is 6. The Bertz CT molecular complexity index is 590. The van der Waals surface area contributed by atoms with E-state index in [-0.39, 0.29) is 5.91 Å². The molecule has 118 valence electrons. The van der Waals surface area contributed by atoms with Crippen LogP contribution in [0, 0.1) is 5.92 Å². The summed E-state index contributed by atoms with van der Waals surface area (Å²) in [6.45, 7) is 2.83. The molecular formula is C15H20N4O2S. The van der Waals surface area contributed by atoms with Crippen molar-refractivity contribution in [1.82, 2.24) is 20.8 Å². The molecule has 2 aromatic heterocycles. The Labute approximate surface area is 133 Å². The van der Waals surface area contributed by atoms with Gasteiger partial charge in [0.2, 0.25) is 17.6 Å². The van der Waals surface area contributed by atoms with Crippen molar-refractivity contribution in [3.05, 3.63) is 23.4 Å². The van der Waals surface area contributed by atoms with Gasteiger partial charge in [0.05, 0.1) is 4.88 Å². The van der Waals surface area contributed by atoms with Gasteiger partial charge in [-0.05, 0) is 43.3 Å². The molecule has 2 N–H and O–H groups in total. The zero-order chi connectivity index (χ0) is 15.2. The first-order chi connectivity index (χ1) is 10.8. The quantitative estimate of drug-likeness (QED) is 0.849. The largest absolute Gasteiger partial charge is 0.356 e. The molecule has 1 fully saturated rings. The van der Waals surface area contributed by atoms with Crippen molar-refractivity contribution < 1.29 is 9.32 Å². The first kappa shape index (κ1) is 15.2. The Morgan fingerprint density at radius 1 is 1.55 bits per heavy atom. The van der Waals surface area contributed by atoms with Gasteiger partial charge in [0, 0.05) is 19.4 Å². The Kier molecular flexibility index (Phi) is 5.18. The van der Waals surface area contributed by atoms with E-state index in [0.717, 1.165) is 24.5 Å². The van der Waals surface area contributed by atoms with Crippen LogP contribution >= 0.6 is 11.3 Å². The van der Waals surface area contributed by atoms with Crippen molar-refractivity contribution in [1.29, 1.82) is 0 Å². The predicted octanol–water partition coefficient (Wildman–Crippen LogP) is 1.85. The van der Waals surface area contributed by atoms with Gasteiger partial charge in [0.25, 0.3) is 0 Å². The molecule has 0 radical (unpaired) electrons. The third kappa shape index (κ3) is 4.14. The summed E-state index contributed by atoms with van der Waals surface area (Å²) in [4.78, 5) is 17.2. The molecular weight excluding hydrogens is 300 g/mol. The lowest BCUT2D eigenvalue weighted by Gasteiger charge is -2.22. The minimum absolute atomic E-state index is 0.0430. The van der Waals surface area contributed by atoms with E-state index >= 15 is 0 Å². The number of carbonyl (C=O) groups is 1. The molecule has 1 amide bonds. The fraction of sp³-hybridized carbons (Fsp3) is 0.533. The van der Waals surface area contributed by atoms with E-state index in [9.17, 15) is 4.79 Å². The molecule has 7 heteroatoms. The average Bonchev–Trinajstić information content (AvgIpc) is 3.22. The Hall–Kier alpha value is -1.73. The molecule has 6 nitrogen and oxygen atoms in total. The van der Waals surface area contributed by atoms with Crippen molar-refractivity contribution in [3.63, 3.8) is 0 Å². The second-order valence-corrected chi connectivity index (χ2v) is 6.45. The summed E-state index contributed by atoms with van der Waals surface area (Å²) in [5, 5.41) is 12.3. The number of carbonyl (C=O) groups excluding carboxylic acids is 1. The molecule has 0 saturated carbocycles. The number of thiophene rings is 1. The predicted molar refractivity (Wildman–Crippen MR) is 84.5 cm³/mol. The number of piperidine rings is 1. The standard InChI is InChI=1S/C15H20N4O2S/c20-13(17-10-11-3-1-7-16-9-11)5-6-14-18-15(19-21-14)12-4-2-8-22-12/h2,4,8,11,16H,1,3,5-7,9-10H2,(H,17,20). The van der Waals surface area contributed by atoms with Gasteiger partial charge >= 0.3 is 0 Å². The smallest absolute Gasteiger partial charge is 0.227 e. The molecule has 2 aromatic rings. The summed E-state index contributed by atoms with van der Waals surface area (Å²) >= 11 is 1.57. The fourth-order valence-electron chi connectivity index (χ4n) is 2.53. The van der Waals surface area contributed by atoms with Crippen LogP contribution in [0.1, 0.15) is 25.2 Å². The van der Waals surface area contributed by atoms with Crippen molar-refractivity contribution in [2.75, 3.05) is 19.6 Å². The Morgan fingerprint density at radius 3 is 3.27 bits per heavy atom. The van der Waals surface area contributed by atoms with E-state index in [0.29, 0.717) is 30.5 Å². The minimum Gasteiger partial charge on any atom is -0.356 e. The van der Waals surface area contributed by atoms with Crippen LogP contribution in [0.5, 0.6) is 0 Å². The van der Waals surface area contributed by atoms with Crippen LogP contribution in [0.4, 0.5) is 0 Å². The first-order valence-electron chi connectivity index (χ1n) is 7.65. The van der Waals surface area contributed by atoms with Crippen molar-refractivity contribution in [2.24, 2.45) is 5.92 Å². The summed E-state index contributed by atoms with van der Waals surface area (Å²) in [7, 11) is 0. The molecule has 1 saturated heterocycles. The van der Waals surface area contributed by atoms with E-state index in [1.165, 1.54) is 12.8 Å². The van der Waals surface area contributed by atoms with E-state index in [1.807, 2.05) is 17.5 Å². The number of nitrogens with one attached hydrogen (secondary N) is 2. The zero-order valence-electron chi connectivity index (χ0n) is 12.4. The summed E-state index contributed by atoms with van der Waals surface area (Å²) in [6.07, 6.45) is 3.23. The van der Waals surface area contributed by atoms with E-state index < -0.39 is 0 Å². The van der Waals surface area contributed by atoms with Crippen LogP contribution in [0.15, 0.2) is 22.0 Å². The van der Waals surface area contributed by atoms with Gasteiger partial charge in [-0.1, -0.05) is 11.2 Å². The summed E-state index contributed by atoms with van der Waals surface area (Å²) < 4.78 is 5.19. The second kappa shape index (κ2) is 7.51. The van der Waals surface area contributed by atoms with Crippen molar-refractivity contribution in [2.45, 2.75) is 25.7 Å². The van der Waals surface area contributed by atoms with Gasteiger partial charge in [0.15, 0.2) is 0 Å². The monoisotopic (exact) mass is 320 g/mol. The lowest BCUT2D eigenvalue weighted by Crippen LogP contribution is -2.38. The minimum atomic E-state index is 0.0430. The zero-order valence-corrected chi connectivity index (χ0v) is 13.2. The van der Waals surface area contributed by atoms with Crippen molar-refractivity contribution >= 4 is 17.2 Å². The SMILES string of the molecule is O=C(CCc1nc(-c2cccs2)no1)NCC1CCCNC1. The highest BCUT2D eigenvalue weighted by atomic mass is 32.1. The Morgan fingerprint density at radius 2 is 2.50 bits per heavy atom. The van der Waals surface area contributed by atoms with Crippen LogP contribution in [0.2, 0.25) is 0 Å². The third-order valence-electron chi connectivity index (χ3n) is 3.76. The number of hydrogen-bond donors (Lipinski definition) is 2. The van der Waals surface area contributed by atoms with Gasteiger partial charge in [-0.3, -0.25) is 4.79 Å². The van der Waals surface area contributed by atoms with Gasteiger partial charge in [-0.15, -0.1) is 11.3 Å². The number of nitrogens with zero attached hydrogens (tertiary/aromatic N) is 2. The maximum absolute atomic E-state index is 11.9. The normalized spacial score (nSPS) is 18.3. The maximum Gasteiger partial charge on any atom is 0.227 e. The van der Waals surface area contributed by atoms with E-state index in [2.05, 4.69) is 20.8 Å². The van der Waals surface area contributed by atoms with Crippen LogP contribution in [0.3, 0.4) is 0 Å². The number of aryl methyl sites for hydroxylation is 1. The molecule has 1 unspecified atom stereocenters. The number of rotatable bonds is 6. The Balaban J connectivity index is 1.41. The van der Waals surface area contributed by atoms with Gasteiger partial charge in [-0.2, -0.15) is 4.98 Å². The van der Waals surface area contributed by atoms with E-state index in [4.69, 9.17) is 4.52 Å².